The summed E-state index contributed by atoms with van der Waals surface area (Å²) >= 11 is 5.80. The Morgan fingerprint density at radius 2 is 1.60 bits per heavy atom. The highest BCUT2D eigenvalue weighted by molar-refractivity contribution is 7.91. The van der Waals surface area contributed by atoms with Gasteiger partial charge >= 0.3 is 12.1 Å². The van der Waals surface area contributed by atoms with Gasteiger partial charge < -0.3 is 9.80 Å². The van der Waals surface area contributed by atoms with Crippen LogP contribution < -0.4 is 4.90 Å². The van der Waals surface area contributed by atoms with Crippen LogP contribution in [0.2, 0.25) is 5.02 Å². The summed E-state index contributed by atoms with van der Waals surface area (Å²) < 4.78 is 63.9. The Morgan fingerprint density at radius 1 is 1.00 bits per heavy atom. The average molecular weight is 461 g/mol. The highest BCUT2D eigenvalue weighted by Crippen LogP contribution is 2.31. The van der Waals surface area contributed by atoms with Crippen LogP contribution in [0.3, 0.4) is 0 Å². The molecule has 2 aromatic carbocycles. The summed E-state index contributed by atoms with van der Waals surface area (Å²) in [6, 6.07) is 9.73. The van der Waals surface area contributed by atoms with E-state index in [0.717, 1.165) is 0 Å². The zero-order valence-corrected chi connectivity index (χ0v) is 17.0. The van der Waals surface area contributed by atoms with Gasteiger partial charge in [-0.05, 0) is 36.4 Å². The van der Waals surface area contributed by atoms with E-state index in [-0.39, 0.29) is 47.2 Å². The average Bonchev–Trinajstić information content (AvgIpc) is 2.72. The summed E-state index contributed by atoms with van der Waals surface area (Å²) in [6.45, 7) is -0.365. The number of halogens is 4. The first-order valence-electron chi connectivity index (χ1n) is 8.75. The lowest BCUT2D eigenvalue weighted by atomic mass is 10.1. The zero-order chi connectivity index (χ0) is 22.1. The number of hydrogen-bond donors (Lipinski definition) is 0. The molecule has 6 nitrogen and oxygen atoms in total. The van der Waals surface area contributed by atoms with Crippen LogP contribution in [-0.2, 0) is 14.6 Å². The maximum Gasteiger partial charge on any atom is 0.471 e. The molecule has 0 saturated carbocycles. The van der Waals surface area contributed by atoms with Gasteiger partial charge in [-0.2, -0.15) is 13.2 Å². The molecule has 0 radical (unpaired) electrons. The Morgan fingerprint density at radius 3 is 2.13 bits per heavy atom. The molecule has 0 aromatic heterocycles. The van der Waals surface area contributed by atoms with Crippen LogP contribution in [-0.4, -0.2) is 57.9 Å². The highest BCUT2D eigenvalue weighted by atomic mass is 35.5. The predicted octanol–water partition coefficient (Wildman–Crippen LogP) is 3.20. The predicted molar refractivity (Wildman–Crippen MR) is 104 cm³/mol. The second-order valence-electron chi connectivity index (χ2n) is 6.54. The van der Waals surface area contributed by atoms with Crippen molar-refractivity contribution in [2.24, 2.45) is 0 Å². The van der Waals surface area contributed by atoms with Gasteiger partial charge in [0.2, 0.25) is 9.84 Å². The van der Waals surface area contributed by atoms with Crippen molar-refractivity contribution in [3.8, 4) is 0 Å². The highest BCUT2D eigenvalue weighted by Gasteiger charge is 2.43. The maximum absolute atomic E-state index is 13.0. The van der Waals surface area contributed by atoms with Crippen molar-refractivity contribution in [1.29, 1.82) is 0 Å². The molecular formula is C19H16ClF3N2O4S. The van der Waals surface area contributed by atoms with Crippen molar-refractivity contribution in [3.05, 3.63) is 53.1 Å². The van der Waals surface area contributed by atoms with Crippen molar-refractivity contribution in [2.75, 3.05) is 31.1 Å². The van der Waals surface area contributed by atoms with E-state index in [1.807, 2.05) is 0 Å². The van der Waals surface area contributed by atoms with Gasteiger partial charge in [0.1, 0.15) is 0 Å². The number of alkyl halides is 3. The fraction of sp³-hybridized carbons (Fsp3) is 0.263. The molecule has 1 heterocycles. The Bertz CT molecular complexity index is 1060. The molecule has 30 heavy (non-hydrogen) atoms. The van der Waals surface area contributed by atoms with E-state index in [0.29, 0.717) is 16.2 Å². The molecule has 1 fully saturated rings. The Labute approximate surface area is 175 Å². The Kier molecular flexibility index (Phi) is 6.09. The number of amides is 1. The van der Waals surface area contributed by atoms with E-state index >= 15 is 0 Å². The molecule has 3 rings (SSSR count). The number of anilines is 1. The minimum absolute atomic E-state index is 0.0209. The fourth-order valence-corrected chi connectivity index (χ4v) is 4.81. The number of nitrogens with zero attached hydrogens (tertiary/aromatic N) is 2. The number of hydrogen-bond acceptors (Lipinski definition) is 5. The number of rotatable bonds is 4. The number of carbonyl (C=O) groups is 2. The molecule has 0 N–H and O–H groups in total. The Hall–Kier alpha value is -2.59. The quantitative estimate of drug-likeness (QED) is 0.655. The summed E-state index contributed by atoms with van der Waals surface area (Å²) in [5.74, 6) is -1.92. The van der Waals surface area contributed by atoms with Gasteiger partial charge in [-0.1, -0.05) is 17.7 Å². The molecule has 11 heteroatoms. The van der Waals surface area contributed by atoms with Gasteiger partial charge in [-0.3, -0.25) is 9.59 Å². The van der Waals surface area contributed by atoms with E-state index in [1.165, 1.54) is 42.5 Å². The van der Waals surface area contributed by atoms with Crippen LogP contribution in [0.15, 0.2) is 52.3 Å². The van der Waals surface area contributed by atoms with Gasteiger partial charge in [-0.25, -0.2) is 8.42 Å². The van der Waals surface area contributed by atoms with Gasteiger partial charge in [0.15, 0.2) is 6.29 Å². The lowest BCUT2D eigenvalue weighted by molar-refractivity contribution is -0.185. The summed E-state index contributed by atoms with van der Waals surface area (Å²) in [5.41, 5.74) is 0.183. The topological polar surface area (TPSA) is 74.8 Å². The van der Waals surface area contributed by atoms with E-state index < -0.39 is 21.9 Å². The Balaban J connectivity index is 1.91. The smallest absolute Gasteiger partial charge is 0.367 e. The van der Waals surface area contributed by atoms with Crippen LogP contribution in [0.25, 0.3) is 0 Å². The first-order chi connectivity index (χ1) is 14.1. The van der Waals surface area contributed by atoms with Crippen LogP contribution in [0.4, 0.5) is 18.9 Å². The lowest BCUT2D eigenvalue weighted by Gasteiger charge is -2.37. The summed E-state index contributed by atoms with van der Waals surface area (Å²) in [4.78, 5) is 25.2. The lowest BCUT2D eigenvalue weighted by Crippen LogP contribution is -2.52. The molecule has 0 spiro atoms. The van der Waals surface area contributed by atoms with Crippen molar-refractivity contribution in [2.45, 2.75) is 16.0 Å². The number of sulfone groups is 1. The van der Waals surface area contributed by atoms with Crippen molar-refractivity contribution in [3.63, 3.8) is 0 Å². The molecule has 1 aliphatic rings. The van der Waals surface area contributed by atoms with Gasteiger partial charge in [0, 0.05) is 36.9 Å². The fourth-order valence-electron chi connectivity index (χ4n) is 3.23. The number of aldehydes is 1. The number of carbonyl (C=O) groups excluding carboxylic acids is 2. The summed E-state index contributed by atoms with van der Waals surface area (Å²) in [5, 5.41) is 0.351. The van der Waals surface area contributed by atoms with Gasteiger partial charge in [0.05, 0.1) is 15.4 Å². The van der Waals surface area contributed by atoms with Gasteiger partial charge in [-0.15, -0.1) is 0 Å². The molecule has 160 valence electrons. The van der Waals surface area contributed by atoms with E-state index in [9.17, 15) is 31.2 Å². The molecule has 0 atom stereocenters. The SMILES string of the molecule is O=Cc1c(N2CCN(C(=O)C(F)(F)F)CC2)cccc1S(=O)(=O)c1ccc(Cl)cc1. The molecule has 1 amide bonds. The third-order valence-corrected chi connectivity index (χ3v) is 6.80. The van der Waals surface area contributed by atoms with Gasteiger partial charge in [0.25, 0.3) is 0 Å². The standard InChI is InChI=1S/C19H16ClF3N2O4S/c20-13-4-6-14(7-5-13)30(28,29)17-3-1-2-16(15(17)12-26)24-8-10-25(11-9-24)18(27)19(21,22)23/h1-7,12H,8-11H2. The third kappa shape index (κ3) is 4.29. The second kappa shape index (κ2) is 8.27. The van der Waals surface area contributed by atoms with Crippen molar-refractivity contribution in [1.82, 2.24) is 4.90 Å². The minimum Gasteiger partial charge on any atom is -0.367 e. The molecule has 2 aromatic rings. The van der Waals surface area contributed by atoms with Crippen molar-refractivity contribution < 1.29 is 31.2 Å². The van der Waals surface area contributed by atoms with E-state index in [1.54, 1.807) is 4.90 Å². The van der Waals surface area contributed by atoms with Crippen LogP contribution in [0, 0.1) is 0 Å². The first-order valence-corrected chi connectivity index (χ1v) is 10.6. The third-order valence-electron chi connectivity index (χ3n) is 4.72. The first kappa shape index (κ1) is 22.1. The van der Waals surface area contributed by atoms with Crippen LogP contribution in [0.5, 0.6) is 0 Å². The summed E-state index contributed by atoms with van der Waals surface area (Å²) in [6.07, 6.45) is -4.55. The van der Waals surface area contributed by atoms with E-state index in [2.05, 4.69) is 0 Å². The minimum atomic E-state index is -4.96. The number of piperazine rings is 1. The molecule has 0 bridgehead atoms. The van der Waals surface area contributed by atoms with E-state index in [4.69, 9.17) is 11.6 Å². The maximum atomic E-state index is 13.0. The monoisotopic (exact) mass is 460 g/mol. The van der Waals surface area contributed by atoms with Crippen LogP contribution >= 0.6 is 11.6 Å². The normalized spacial score (nSPS) is 15.2. The summed E-state index contributed by atoms with van der Waals surface area (Å²) in [7, 11) is -4.03. The zero-order valence-electron chi connectivity index (χ0n) is 15.4. The number of benzene rings is 2. The molecule has 0 unspecified atom stereocenters. The second-order valence-corrected chi connectivity index (χ2v) is 8.90. The van der Waals surface area contributed by atoms with Crippen LogP contribution in [0.1, 0.15) is 10.4 Å². The molecule has 1 saturated heterocycles. The van der Waals surface area contributed by atoms with Crippen molar-refractivity contribution >= 4 is 39.3 Å². The molecular weight excluding hydrogens is 445 g/mol. The largest absolute Gasteiger partial charge is 0.471 e. The molecule has 0 aliphatic carbocycles. The molecule has 1 aliphatic heterocycles.